The molecule has 1 aromatic rings. The van der Waals surface area contributed by atoms with Gasteiger partial charge < -0.3 is 4.74 Å². The lowest BCUT2D eigenvalue weighted by Crippen LogP contribution is -2.20. The number of halogens is 1. The average molecular weight is 301 g/mol. The maximum Gasteiger partial charge on any atom is 0.319 e. The lowest BCUT2D eigenvalue weighted by Gasteiger charge is -2.13. The van der Waals surface area contributed by atoms with Crippen LogP contribution >= 0.6 is 27.7 Å². The molecule has 1 fully saturated rings. The predicted octanol–water partition coefficient (Wildman–Crippen LogP) is 3.49. The number of ether oxygens (including phenoxy) is 1. The van der Waals surface area contributed by atoms with E-state index in [9.17, 15) is 4.79 Å². The van der Waals surface area contributed by atoms with E-state index in [1.165, 1.54) is 7.11 Å². The molecule has 0 aromatic heterocycles. The number of hydrogen-bond acceptors (Lipinski definition) is 3. The molecule has 1 atom stereocenters. The highest BCUT2D eigenvalue weighted by molar-refractivity contribution is 9.10. The quantitative estimate of drug-likeness (QED) is 0.629. The number of esters is 1. The molecule has 1 aliphatic rings. The molecule has 0 N–H and O–H groups in total. The van der Waals surface area contributed by atoms with E-state index < -0.39 is 0 Å². The smallest absolute Gasteiger partial charge is 0.319 e. The van der Waals surface area contributed by atoms with E-state index in [0.29, 0.717) is 5.92 Å². The molecule has 86 valence electrons. The third-order valence-electron chi connectivity index (χ3n) is 2.54. The first kappa shape index (κ1) is 12.0. The molecule has 2 nitrogen and oxygen atoms in total. The predicted molar refractivity (Wildman–Crippen MR) is 68.5 cm³/mol. The van der Waals surface area contributed by atoms with Crippen LogP contribution in [0.4, 0.5) is 0 Å². The summed E-state index contributed by atoms with van der Waals surface area (Å²) in [5, 5.41) is -0.0423. The summed E-state index contributed by atoms with van der Waals surface area (Å²) in [6.07, 6.45) is 2.28. The molecule has 0 spiro atoms. The van der Waals surface area contributed by atoms with Gasteiger partial charge in [0.15, 0.2) is 0 Å². The van der Waals surface area contributed by atoms with Gasteiger partial charge in [-0.05, 0) is 37.0 Å². The standard InChI is InChI=1S/C12H13BrO2S/c1-15-12(14)11(8-5-6-8)16-10-4-2-3-9(13)7-10/h2-4,7-8,11H,5-6H2,1H3. The Bertz CT molecular complexity index is 390. The van der Waals surface area contributed by atoms with Crippen molar-refractivity contribution < 1.29 is 9.53 Å². The van der Waals surface area contributed by atoms with Gasteiger partial charge in [-0.25, -0.2) is 0 Å². The van der Waals surface area contributed by atoms with Crippen molar-refractivity contribution in [1.29, 1.82) is 0 Å². The first-order valence-electron chi connectivity index (χ1n) is 5.21. The van der Waals surface area contributed by atoms with Crippen LogP contribution in [-0.4, -0.2) is 18.3 Å². The van der Waals surface area contributed by atoms with Gasteiger partial charge in [0.2, 0.25) is 0 Å². The van der Waals surface area contributed by atoms with E-state index in [0.717, 1.165) is 22.2 Å². The maximum atomic E-state index is 11.6. The minimum absolute atomic E-state index is 0.0423. The fraction of sp³-hybridized carbons (Fsp3) is 0.417. The summed E-state index contributed by atoms with van der Waals surface area (Å²) in [5.74, 6) is 0.393. The molecule has 0 bridgehead atoms. The second kappa shape index (κ2) is 5.23. The first-order chi connectivity index (χ1) is 7.70. The van der Waals surface area contributed by atoms with Gasteiger partial charge in [0.05, 0.1) is 7.11 Å². The number of carbonyl (C=O) groups excluding carboxylic acids is 1. The average Bonchev–Trinajstić information content (AvgIpc) is 3.09. The lowest BCUT2D eigenvalue weighted by molar-refractivity contribution is -0.140. The molecular weight excluding hydrogens is 288 g/mol. The van der Waals surface area contributed by atoms with Crippen molar-refractivity contribution in [3.8, 4) is 0 Å². The summed E-state index contributed by atoms with van der Waals surface area (Å²) in [5.41, 5.74) is 0. The number of carbonyl (C=O) groups is 1. The first-order valence-corrected chi connectivity index (χ1v) is 6.88. The normalized spacial score (nSPS) is 16.9. The Balaban J connectivity index is 2.08. The monoisotopic (exact) mass is 300 g/mol. The van der Waals surface area contributed by atoms with Crippen LogP contribution in [0.25, 0.3) is 0 Å². The van der Waals surface area contributed by atoms with Crippen LogP contribution < -0.4 is 0 Å². The number of thioether (sulfide) groups is 1. The number of benzene rings is 1. The van der Waals surface area contributed by atoms with Gasteiger partial charge in [-0.2, -0.15) is 0 Å². The minimum Gasteiger partial charge on any atom is -0.468 e. The molecule has 0 amide bonds. The summed E-state index contributed by atoms with van der Waals surface area (Å²) in [4.78, 5) is 12.7. The lowest BCUT2D eigenvalue weighted by atomic mass is 10.3. The zero-order valence-electron chi connectivity index (χ0n) is 8.98. The SMILES string of the molecule is COC(=O)C(Sc1cccc(Br)c1)C1CC1. The van der Waals surface area contributed by atoms with E-state index in [1.807, 2.05) is 24.3 Å². The molecule has 1 aliphatic carbocycles. The molecule has 0 radical (unpaired) electrons. The molecular formula is C12H13BrO2S. The molecule has 0 heterocycles. The van der Waals surface area contributed by atoms with Crippen LogP contribution in [0.5, 0.6) is 0 Å². The molecule has 4 heteroatoms. The third kappa shape index (κ3) is 3.01. The fourth-order valence-corrected chi connectivity index (χ4v) is 3.39. The van der Waals surface area contributed by atoms with E-state index in [2.05, 4.69) is 15.9 Å². The Hall–Kier alpha value is -0.480. The number of hydrogen-bond donors (Lipinski definition) is 0. The van der Waals surface area contributed by atoms with Gasteiger partial charge in [0.1, 0.15) is 5.25 Å². The van der Waals surface area contributed by atoms with Gasteiger partial charge in [-0.15, -0.1) is 11.8 Å². The Labute approximate surface area is 108 Å². The van der Waals surface area contributed by atoms with Crippen molar-refractivity contribution in [3.63, 3.8) is 0 Å². The molecule has 1 saturated carbocycles. The van der Waals surface area contributed by atoms with E-state index >= 15 is 0 Å². The summed E-state index contributed by atoms with van der Waals surface area (Å²) < 4.78 is 5.88. The Morgan fingerprint density at radius 2 is 2.31 bits per heavy atom. The largest absolute Gasteiger partial charge is 0.468 e. The highest BCUT2D eigenvalue weighted by Gasteiger charge is 2.37. The van der Waals surface area contributed by atoms with E-state index in [1.54, 1.807) is 11.8 Å². The number of methoxy groups -OCH3 is 1. The second-order valence-corrected chi connectivity index (χ2v) is 5.99. The van der Waals surface area contributed by atoms with Crippen LogP contribution in [0.3, 0.4) is 0 Å². The van der Waals surface area contributed by atoms with Gasteiger partial charge >= 0.3 is 5.97 Å². The second-order valence-electron chi connectivity index (χ2n) is 3.86. The highest BCUT2D eigenvalue weighted by atomic mass is 79.9. The summed E-state index contributed by atoms with van der Waals surface area (Å²) >= 11 is 5.03. The van der Waals surface area contributed by atoms with Gasteiger partial charge in [0, 0.05) is 9.37 Å². The van der Waals surface area contributed by atoms with Crippen LogP contribution in [0.2, 0.25) is 0 Å². The summed E-state index contributed by atoms with van der Waals surface area (Å²) in [6.45, 7) is 0. The van der Waals surface area contributed by atoms with Crippen molar-refractivity contribution in [2.75, 3.05) is 7.11 Å². The van der Waals surface area contributed by atoms with Crippen LogP contribution in [0, 0.1) is 5.92 Å². The zero-order chi connectivity index (χ0) is 11.5. The molecule has 16 heavy (non-hydrogen) atoms. The third-order valence-corrected chi connectivity index (χ3v) is 4.39. The Morgan fingerprint density at radius 3 is 2.88 bits per heavy atom. The molecule has 1 aromatic carbocycles. The van der Waals surface area contributed by atoms with E-state index in [4.69, 9.17) is 4.74 Å². The van der Waals surface area contributed by atoms with Crippen LogP contribution in [0.15, 0.2) is 33.6 Å². The highest BCUT2D eigenvalue weighted by Crippen LogP contribution is 2.42. The van der Waals surface area contributed by atoms with Crippen LogP contribution in [-0.2, 0) is 9.53 Å². The van der Waals surface area contributed by atoms with Gasteiger partial charge in [-0.1, -0.05) is 22.0 Å². The summed E-state index contributed by atoms with van der Waals surface area (Å²) in [7, 11) is 1.46. The maximum absolute atomic E-state index is 11.6. The summed E-state index contributed by atoms with van der Waals surface area (Å²) in [6, 6.07) is 8.01. The van der Waals surface area contributed by atoms with Gasteiger partial charge in [0.25, 0.3) is 0 Å². The van der Waals surface area contributed by atoms with Crippen molar-refractivity contribution in [2.24, 2.45) is 5.92 Å². The Kier molecular flexibility index (Phi) is 3.92. The van der Waals surface area contributed by atoms with Gasteiger partial charge in [-0.3, -0.25) is 4.79 Å². The Morgan fingerprint density at radius 1 is 1.56 bits per heavy atom. The van der Waals surface area contributed by atoms with Crippen LogP contribution in [0.1, 0.15) is 12.8 Å². The fourth-order valence-electron chi connectivity index (χ4n) is 1.54. The minimum atomic E-state index is -0.104. The number of rotatable bonds is 4. The molecule has 2 rings (SSSR count). The zero-order valence-corrected chi connectivity index (χ0v) is 11.4. The topological polar surface area (TPSA) is 26.3 Å². The van der Waals surface area contributed by atoms with Crippen molar-refractivity contribution in [1.82, 2.24) is 0 Å². The molecule has 0 saturated heterocycles. The van der Waals surface area contributed by atoms with E-state index in [-0.39, 0.29) is 11.2 Å². The molecule has 1 unspecified atom stereocenters. The molecule has 0 aliphatic heterocycles. The van der Waals surface area contributed by atoms with Crippen molar-refractivity contribution >= 4 is 33.7 Å². The van der Waals surface area contributed by atoms with Crippen molar-refractivity contribution in [3.05, 3.63) is 28.7 Å². The van der Waals surface area contributed by atoms with Crippen molar-refractivity contribution in [2.45, 2.75) is 23.0 Å².